The van der Waals surface area contributed by atoms with Crippen molar-refractivity contribution in [2.45, 2.75) is 31.5 Å². The molecule has 1 aliphatic rings. The Morgan fingerprint density at radius 2 is 2.03 bits per heavy atom. The van der Waals surface area contributed by atoms with Gasteiger partial charge in [-0.2, -0.15) is 5.10 Å². The normalized spacial score (nSPS) is 16.8. The Morgan fingerprint density at radius 3 is 2.75 bits per heavy atom. The molecule has 1 unspecified atom stereocenters. The molecule has 8 nitrogen and oxygen atoms in total. The summed E-state index contributed by atoms with van der Waals surface area (Å²) in [6.07, 6.45) is 0.00116. The number of ether oxygens (including phenoxy) is 1. The molecule has 32 heavy (non-hydrogen) atoms. The van der Waals surface area contributed by atoms with Gasteiger partial charge in [0.1, 0.15) is 5.03 Å². The van der Waals surface area contributed by atoms with Crippen LogP contribution in [-0.2, 0) is 16.1 Å². The number of rotatable bonds is 8. The number of hydrogen-bond acceptors (Lipinski definition) is 7. The highest BCUT2D eigenvalue weighted by Crippen LogP contribution is 2.16. The molecule has 0 radical (unpaired) electrons. The quantitative estimate of drug-likeness (QED) is 0.525. The lowest BCUT2D eigenvalue weighted by Gasteiger charge is -2.33. The number of benzene rings is 1. The van der Waals surface area contributed by atoms with Crippen LogP contribution in [0.3, 0.4) is 0 Å². The van der Waals surface area contributed by atoms with Crippen LogP contribution in [0.4, 0.5) is 0 Å². The molecule has 0 aliphatic carbocycles. The minimum Gasteiger partial charge on any atom is -0.374 e. The van der Waals surface area contributed by atoms with Gasteiger partial charge in [-0.15, -0.1) is 10.2 Å². The van der Waals surface area contributed by atoms with Gasteiger partial charge < -0.3 is 10.1 Å². The second kappa shape index (κ2) is 10.7. The number of carbonyl (C=O) groups excluding carboxylic acids is 1. The molecule has 9 heteroatoms. The average molecular weight is 453 g/mol. The summed E-state index contributed by atoms with van der Waals surface area (Å²) in [6.45, 7) is 7.72. The van der Waals surface area contributed by atoms with E-state index in [0.29, 0.717) is 24.0 Å². The number of nitrogens with one attached hydrogen (secondary N) is 1. The fraction of sp³-hybridized carbons (Fsp3) is 0.391. The summed E-state index contributed by atoms with van der Waals surface area (Å²) in [5.41, 5.74) is 3.23. The number of amides is 1. The third-order valence-electron chi connectivity index (χ3n) is 5.20. The van der Waals surface area contributed by atoms with Gasteiger partial charge in [0.2, 0.25) is 5.91 Å². The van der Waals surface area contributed by atoms with Crippen LogP contribution in [-0.4, -0.2) is 68.9 Å². The molecule has 4 rings (SSSR count). The van der Waals surface area contributed by atoms with Crippen molar-refractivity contribution in [2.75, 3.05) is 32.0 Å². The molecular weight excluding hydrogens is 424 g/mol. The Bertz CT molecular complexity index is 1020. The van der Waals surface area contributed by atoms with Gasteiger partial charge in [0.25, 0.3) is 0 Å². The molecule has 1 amide bonds. The molecule has 2 aromatic heterocycles. The third kappa shape index (κ3) is 6.15. The van der Waals surface area contributed by atoms with Gasteiger partial charge >= 0.3 is 0 Å². The van der Waals surface area contributed by atoms with Gasteiger partial charge in [-0.3, -0.25) is 9.69 Å². The molecule has 1 atom stereocenters. The van der Waals surface area contributed by atoms with E-state index in [-0.39, 0.29) is 17.8 Å². The van der Waals surface area contributed by atoms with Crippen molar-refractivity contribution < 1.29 is 9.53 Å². The van der Waals surface area contributed by atoms with Crippen molar-refractivity contribution in [2.24, 2.45) is 0 Å². The smallest absolute Gasteiger partial charge is 0.230 e. The fourth-order valence-corrected chi connectivity index (χ4v) is 4.31. The van der Waals surface area contributed by atoms with Crippen molar-refractivity contribution in [3.05, 3.63) is 65.5 Å². The van der Waals surface area contributed by atoms with Gasteiger partial charge in [0.05, 0.1) is 24.2 Å². The van der Waals surface area contributed by atoms with Gasteiger partial charge in [-0.25, -0.2) is 4.68 Å². The topological polar surface area (TPSA) is 85.2 Å². The third-order valence-corrected chi connectivity index (χ3v) is 6.12. The Balaban J connectivity index is 1.20. The maximum atomic E-state index is 12.3. The number of nitrogens with zero attached hydrogens (tertiary/aromatic N) is 5. The van der Waals surface area contributed by atoms with Crippen LogP contribution in [0, 0.1) is 13.8 Å². The summed E-state index contributed by atoms with van der Waals surface area (Å²) < 4.78 is 7.59. The van der Waals surface area contributed by atoms with E-state index in [1.807, 2.05) is 38.1 Å². The predicted molar refractivity (Wildman–Crippen MR) is 124 cm³/mol. The number of carbonyl (C=O) groups is 1. The van der Waals surface area contributed by atoms with E-state index in [1.165, 1.54) is 17.3 Å². The van der Waals surface area contributed by atoms with Crippen LogP contribution in [0.2, 0.25) is 0 Å². The van der Waals surface area contributed by atoms with Gasteiger partial charge in [-0.1, -0.05) is 42.1 Å². The maximum Gasteiger partial charge on any atom is 0.230 e. The highest BCUT2D eigenvalue weighted by Gasteiger charge is 2.21. The first-order valence-corrected chi connectivity index (χ1v) is 11.7. The number of morpholine rings is 1. The molecule has 168 valence electrons. The van der Waals surface area contributed by atoms with E-state index >= 15 is 0 Å². The number of hydrogen-bond donors (Lipinski definition) is 1. The summed E-state index contributed by atoms with van der Waals surface area (Å²) in [7, 11) is 0. The van der Waals surface area contributed by atoms with Crippen molar-refractivity contribution in [3.8, 4) is 5.82 Å². The zero-order valence-corrected chi connectivity index (χ0v) is 19.2. The molecule has 1 aliphatic heterocycles. The summed E-state index contributed by atoms with van der Waals surface area (Å²) in [4.78, 5) is 14.7. The molecule has 0 bridgehead atoms. The second-order valence-corrected chi connectivity index (χ2v) is 8.87. The zero-order chi connectivity index (χ0) is 22.3. The lowest BCUT2D eigenvalue weighted by atomic mass is 10.2. The molecule has 1 N–H and O–H groups in total. The monoisotopic (exact) mass is 452 g/mol. The van der Waals surface area contributed by atoms with E-state index in [2.05, 4.69) is 49.8 Å². The van der Waals surface area contributed by atoms with Crippen molar-refractivity contribution in [3.63, 3.8) is 0 Å². The highest BCUT2D eigenvalue weighted by atomic mass is 32.2. The molecule has 3 heterocycles. The summed E-state index contributed by atoms with van der Waals surface area (Å²) in [6, 6.07) is 16.1. The van der Waals surface area contributed by atoms with Crippen LogP contribution in [0.25, 0.3) is 5.82 Å². The van der Waals surface area contributed by atoms with E-state index in [1.54, 1.807) is 4.68 Å². The summed E-state index contributed by atoms with van der Waals surface area (Å²) in [5, 5.41) is 16.5. The van der Waals surface area contributed by atoms with Crippen LogP contribution in [0.5, 0.6) is 0 Å². The first kappa shape index (κ1) is 22.4. The largest absolute Gasteiger partial charge is 0.374 e. The first-order valence-electron chi connectivity index (χ1n) is 10.7. The summed E-state index contributed by atoms with van der Waals surface area (Å²) in [5.74, 6) is 0.913. The fourth-order valence-electron chi connectivity index (χ4n) is 3.67. The Kier molecular flexibility index (Phi) is 7.51. The number of aromatic nitrogens is 4. The van der Waals surface area contributed by atoms with Crippen molar-refractivity contribution >= 4 is 17.7 Å². The van der Waals surface area contributed by atoms with E-state index < -0.39 is 0 Å². The molecule has 1 fully saturated rings. The van der Waals surface area contributed by atoms with Gasteiger partial charge in [0.15, 0.2) is 5.82 Å². The maximum absolute atomic E-state index is 12.3. The number of aryl methyl sites for hydroxylation is 2. The molecule has 1 saturated heterocycles. The number of thioether (sulfide) groups is 1. The molecule has 1 aromatic carbocycles. The van der Waals surface area contributed by atoms with Crippen LogP contribution in [0.15, 0.2) is 53.6 Å². The molecule has 3 aromatic rings. The highest BCUT2D eigenvalue weighted by molar-refractivity contribution is 7.99. The van der Waals surface area contributed by atoms with Crippen LogP contribution >= 0.6 is 11.8 Å². The van der Waals surface area contributed by atoms with Gasteiger partial charge in [0, 0.05) is 31.9 Å². The standard InChI is InChI=1S/C23H28N6O2S/c1-17-12-18(2)29(27-17)21-8-9-23(26-25-21)32-16-22(30)24-13-20-15-28(10-11-31-20)14-19-6-4-3-5-7-19/h3-9,12,20H,10-11,13-16H2,1-2H3,(H,24,30). The molecular formula is C23H28N6O2S. The van der Waals surface area contributed by atoms with E-state index in [0.717, 1.165) is 31.0 Å². The van der Waals surface area contributed by atoms with E-state index in [4.69, 9.17) is 4.74 Å². The minimum absolute atomic E-state index is 0.00116. The SMILES string of the molecule is Cc1cc(C)n(-c2ccc(SCC(=O)NCC3CN(Cc4ccccc4)CCO3)nn2)n1. The Labute approximate surface area is 192 Å². The lowest BCUT2D eigenvalue weighted by molar-refractivity contribution is -0.119. The van der Waals surface area contributed by atoms with Crippen molar-refractivity contribution in [1.29, 1.82) is 0 Å². The minimum atomic E-state index is -0.0387. The van der Waals surface area contributed by atoms with E-state index in [9.17, 15) is 4.79 Å². The first-order chi connectivity index (χ1) is 15.6. The van der Waals surface area contributed by atoms with Crippen molar-refractivity contribution in [1.82, 2.24) is 30.2 Å². The van der Waals surface area contributed by atoms with Crippen LogP contribution < -0.4 is 5.32 Å². The molecule has 0 saturated carbocycles. The van der Waals surface area contributed by atoms with Crippen LogP contribution in [0.1, 0.15) is 17.0 Å². The Morgan fingerprint density at radius 1 is 1.19 bits per heavy atom. The molecule has 0 spiro atoms. The second-order valence-electron chi connectivity index (χ2n) is 7.87. The Hall–Kier alpha value is -2.75. The predicted octanol–water partition coefficient (Wildman–Crippen LogP) is 2.39. The lowest BCUT2D eigenvalue weighted by Crippen LogP contribution is -2.47. The zero-order valence-electron chi connectivity index (χ0n) is 18.4. The average Bonchev–Trinajstić information content (AvgIpc) is 3.15. The van der Waals surface area contributed by atoms with Gasteiger partial charge in [-0.05, 0) is 37.6 Å². The summed E-state index contributed by atoms with van der Waals surface area (Å²) >= 11 is 1.36.